The van der Waals surface area contributed by atoms with E-state index in [4.69, 9.17) is 4.74 Å². The van der Waals surface area contributed by atoms with E-state index in [2.05, 4.69) is 25.1 Å². The van der Waals surface area contributed by atoms with Crippen molar-refractivity contribution in [2.45, 2.75) is 39.7 Å². The number of aromatic amines is 1. The first-order chi connectivity index (χ1) is 11.7. The third-order valence-corrected chi connectivity index (χ3v) is 3.70. The van der Waals surface area contributed by atoms with Crippen LogP contribution in [-0.4, -0.2) is 42.5 Å². The van der Waals surface area contributed by atoms with Crippen molar-refractivity contribution in [2.24, 2.45) is 0 Å². The SMILES string of the molecule is CCOC(=O)CCCCn1nc(C)c(-c2ncnc3[nH]ccc23)n1. The lowest BCUT2D eigenvalue weighted by molar-refractivity contribution is -0.143. The van der Waals surface area contributed by atoms with Crippen LogP contribution in [0.3, 0.4) is 0 Å². The van der Waals surface area contributed by atoms with Crippen LogP contribution in [0.2, 0.25) is 0 Å². The fourth-order valence-electron chi connectivity index (χ4n) is 2.57. The van der Waals surface area contributed by atoms with Gasteiger partial charge in [-0.1, -0.05) is 0 Å². The molecular formula is C16H20N6O2. The van der Waals surface area contributed by atoms with Gasteiger partial charge in [-0.25, -0.2) is 9.97 Å². The lowest BCUT2D eigenvalue weighted by Crippen LogP contribution is -2.06. The van der Waals surface area contributed by atoms with Crippen molar-refractivity contribution >= 4 is 17.0 Å². The van der Waals surface area contributed by atoms with Crippen molar-refractivity contribution in [3.8, 4) is 11.4 Å². The lowest BCUT2D eigenvalue weighted by atomic mass is 10.2. The molecule has 24 heavy (non-hydrogen) atoms. The lowest BCUT2D eigenvalue weighted by Gasteiger charge is -2.01. The highest BCUT2D eigenvalue weighted by Crippen LogP contribution is 2.24. The Morgan fingerprint density at radius 3 is 2.96 bits per heavy atom. The molecule has 1 N–H and O–H groups in total. The fourth-order valence-corrected chi connectivity index (χ4v) is 2.57. The molecule has 0 aliphatic rings. The number of nitrogens with zero attached hydrogens (tertiary/aromatic N) is 5. The second-order valence-corrected chi connectivity index (χ2v) is 5.45. The average molecular weight is 328 g/mol. The molecule has 3 rings (SSSR count). The first-order valence-electron chi connectivity index (χ1n) is 8.05. The van der Waals surface area contributed by atoms with Gasteiger partial charge >= 0.3 is 5.97 Å². The maximum atomic E-state index is 11.3. The van der Waals surface area contributed by atoms with Crippen molar-refractivity contribution in [1.82, 2.24) is 29.9 Å². The Hall–Kier alpha value is -2.77. The van der Waals surface area contributed by atoms with Crippen LogP contribution in [0, 0.1) is 6.92 Å². The molecule has 3 aromatic rings. The Morgan fingerprint density at radius 2 is 2.12 bits per heavy atom. The Labute approximate surface area is 139 Å². The molecule has 0 spiro atoms. The van der Waals surface area contributed by atoms with Gasteiger partial charge in [-0.15, -0.1) is 0 Å². The summed E-state index contributed by atoms with van der Waals surface area (Å²) < 4.78 is 4.91. The van der Waals surface area contributed by atoms with E-state index in [1.54, 1.807) is 4.80 Å². The summed E-state index contributed by atoms with van der Waals surface area (Å²) in [6.07, 6.45) is 5.35. The Morgan fingerprint density at radius 1 is 1.25 bits per heavy atom. The zero-order valence-electron chi connectivity index (χ0n) is 13.8. The van der Waals surface area contributed by atoms with E-state index in [9.17, 15) is 4.79 Å². The summed E-state index contributed by atoms with van der Waals surface area (Å²) in [5.74, 6) is -0.154. The summed E-state index contributed by atoms with van der Waals surface area (Å²) in [4.78, 5) is 24.6. The number of carbonyl (C=O) groups excluding carboxylic acids is 1. The zero-order chi connectivity index (χ0) is 16.9. The topological polar surface area (TPSA) is 98.6 Å². The van der Waals surface area contributed by atoms with Crippen molar-refractivity contribution < 1.29 is 9.53 Å². The van der Waals surface area contributed by atoms with Gasteiger partial charge in [0.1, 0.15) is 23.4 Å². The summed E-state index contributed by atoms with van der Waals surface area (Å²) in [6.45, 7) is 4.80. The molecule has 0 saturated carbocycles. The summed E-state index contributed by atoms with van der Waals surface area (Å²) in [5.41, 5.74) is 3.13. The molecular weight excluding hydrogens is 308 g/mol. The minimum absolute atomic E-state index is 0.154. The Kier molecular flexibility index (Phi) is 4.83. The van der Waals surface area contributed by atoms with E-state index in [0.717, 1.165) is 41.0 Å². The van der Waals surface area contributed by atoms with Gasteiger partial charge in [0, 0.05) is 18.0 Å². The molecule has 8 nitrogen and oxygen atoms in total. The van der Waals surface area contributed by atoms with Crippen LogP contribution >= 0.6 is 0 Å². The van der Waals surface area contributed by atoms with Gasteiger partial charge in [0.05, 0.1) is 18.8 Å². The number of nitrogens with one attached hydrogen (secondary N) is 1. The van der Waals surface area contributed by atoms with Gasteiger partial charge in [0.25, 0.3) is 0 Å². The molecule has 0 fully saturated rings. The molecule has 126 valence electrons. The van der Waals surface area contributed by atoms with Gasteiger partial charge < -0.3 is 9.72 Å². The number of H-pyrrole nitrogens is 1. The highest BCUT2D eigenvalue weighted by molar-refractivity contribution is 5.89. The molecule has 0 radical (unpaired) electrons. The average Bonchev–Trinajstić information content (AvgIpc) is 3.18. The Balaban J connectivity index is 1.67. The predicted molar refractivity (Wildman–Crippen MR) is 88.1 cm³/mol. The molecule has 0 aliphatic carbocycles. The van der Waals surface area contributed by atoms with Crippen LogP contribution < -0.4 is 0 Å². The van der Waals surface area contributed by atoms with Gasteiger partial charge in [-0.3, -0.25) is 4.79 Å². The third kappa shape index (κ3) is 3.42. The third-order valence-electron chi connectivity index (χ3n) is 3.70. The van der Waals surface area contributed by atoms with Crippen LogP contribution in [0.1, 0.15) is 31.9 Å². The zero-order valence-corrected chi connectivity index (χ0v) is 13.8. The minimum Gasteiger partial charge on any atom is -0.466 e. The second kappa shape index (κ2) is 7.20. The van der Waals surface area contributed by atoms with Crippen LogP contribution in [0.4, 0.5) is 0 Å². The summed E-state index contributed by atoms with van der Waals surface area (Å²) in [5, 5.41) is 9.92. The normalized spacial score (nSPS) is 11.1. The molecule has 0 bridgehead atoms. The quantitative estimate of drug-likeness (QED) is 0.527. The molecule has 0 aromatic carbocycles. The maximum absolute atomic E-state index is 11.3. The molecule has 0 unspecified atom stereocenters. The van der Waals surface area contributed by atoms with E-state index >= 15 is 0 Å². The highest BCUT2D eigenvalue weighted by Gasteiger charge is 2.15. The van der Waals surface area contributed by atoms with Gasteiger partial charge in [0.15, 0.2) is 0 Å². The van der Waals surface area contributed by atoms with Crippen molar-refractivity contribution in [3.05, 3.63) is 24.3 Å². The van der Waals surface area contributed by atoms with Gasteiger partial charge in [0.2, 0.25) is 0 Å². The smallest absolute Gasteiger partial charge is 0.305 e. The van der Waals surface area contributed by atoms with Crippen molar-refractivity contribution in [1.29, 1.82) is 0 Å². The number of esters is 1. The number of unbranched alkanes of at least 4 members (excludes halogenated alkanes) is 1. The first kappa shape index (κ1) is 16.1. The standard InChI is InChI=1S/C16H20N6O2/c1-3-24-13(23)6-4-5-9-22-20-11(2)14(21-22)15-12-7-8-17-16(12)19-10-18-15/h7-8,10H,3-6,9H2,1-2H3,(H,17,18,19). The van der Waals surface area contributed by atoms with E-state index in [1.807, 2.05) is 26.1 Å². The van der Waals surface area contributed by atoms with E-state index in [0.29, 0.717) is 19.6 Å². The maximum Gasteiger partial charge on any atom is 0.305 e. The van der Waals surface area contributed by atoms with Gasteiger partial charge in [-0.05, 0) is 32.8 Å². The van der Waals surface area contributed by atoms with E-state index < -0.39 is 0 Å². The summed E-state index contributed by atoms with van der Waals surface area (Å²) in [6, 6.07) is 1.93. The molecule has 0 aliphatic heterocycles. The molecule has 3 aromatic heterocycles. The molecule has 3 heterocycles. The largest absolute Gasteiger partial charge is 0.466 e. The minimum atomic E-state index is -0.154. The van der Waals surface area contributed by atoms with Crippen LogP contribution in [0.5, 0.6) is 0 Å². The predicted octanol–water partition coefficient (Wildman–Crippen LogP) is 2.26. The number of hydrogen-bond acceptors (Lipinski definition) is 6. The van der Waals surface area contributed by atoms with E-state index in [1.165, 1.54) is 6.33 Å². The summed E-state index contributed by atoms with van der Waals surface area (Å²) >= 11 is 0. The number of rotatable bonds is 7. The molecule has 8 heteroatoms. The number of fused-ring (bicyclic) bond motifs is 1. The molecule has 0 amide bonds. The number of aryl methyl sites for hydroxylation is 2. The van der Waals surface area contributed by atoms with Crippen molar-refractivity contribution in [3.63, 3.8) is 0 Å². The molecule has 0 saturated heterocycles. The first-order valence-corrected chi connectivity index (χ1v) is 8.05. The monoisotopic (exact) mass is 328 g/mol. The van der Waals surface area contributed by atoms with Gasteiger partial charge in [-0.2, -0.15) is 15.0 Å². The van der Waals surface area contributed by atoms with Crippen LogP contribution in [0.15, 0.2) is 18.6 Å². The second-order valence-electron chi connectivity index (χ2n) is 5.45. The summed E-state index contributed by atoms with van der Waals surface area (Å²) in [7, 11) is 0. The molecule has 0 atom stereocenters. The number of aromatic nitrogens is 6. The van der Waals surface area contributed by atoms with E-state index in [-0.39, 0.29) is 5.97 Å². The fraction of sp³-hybridized carbons (Fsp3) is 0.438. The Bertz CT molecular complexity index is 838. The number of carbonyl (C=O) groups is 1. The van der Waals surface area contributed by atoms with Crippen LogP contribution in [0.25, 0.3) is 22.4 Å². The number of hydrogen-bond donors (Lipinski definition) is 1. The number of ether oxygens (including phenoxy) is 1. The van der Waals surface area contributed by atoms with Crippen molar-refractivity contribution in [2.75, 3.05) is 6.61 Å². The highest BCUT2D eigenvalue weighted by atomic mass is 16.5. The van der Waals surface area contributed by atoms with Crippen LogP contribution in [-0.2, 0) is 16.1 Å².